The highest BCUT2D eigenvalue weighted by atomic mass is 35.5. The fraction of sp³-hybridized carbons (Fsp3) is 0.429. The molecule has 2 aliphatic heterocycles. The van der Waals surface area contributed by atoms with Crippen molar-refractivity contribution in [2.24, 2.45) is 4.99 Å². The lowest BCUT2D eigenvalue weighted by Gasteiger charge is -2.34. The number of hydrogen-bond donors (Lipinski definition) is 2. The van der Waals surface area contributed by atoms with Gasteiger partial charge in [-0.05, 0) is 31.5 Å². The Kier molecular flexibility index (Phi) is 9.85. The number of aliphatic carboxylic acids is 1. The number of fused-ring (bicyclic) bond motifs is 3. The van der Waals surface area contributed by atoms with E-state index in [1.54, 1.807) is 36.0 Å². The van der Waals surface area contributed by atoms with Crippen LogP contribution in [0.25, 0.3) is 5.69 Å². The number of nitro benzene ring substituents is 1. The lowest BCUT2D eigenvalue weighted by Crippen LogP contribution is -2.47. The fourth-order valence-corrected chi connectivity index (χ4v) is 6.37. The van der Waals surface area contributed by atoms with E-state index in [2.05, 4.69) is 20.0 Å². The molecule has 0 aliphatic carbocycles. The summed E-state index contributed by atoms with van der Waals surface area (Å²) in [5, 5.41) is 40.3. The van der Waals surface area contributed by atoms with Gasteiger partial charge in [0, 0.05) is 73.2 Å². The number of aromatic nitrogens is 3. The Morgan fingerprint density at radius 3 is 2.50 bits per heavy atom. The van der Waals surface area contributed by atoms with E-state index in [1.807, 2.05) is 10.6 Å². The predicted molar refractivity (Wildman–Crippen MR) is 160 cm³/mol. The number of carboxylic acids is 1. The molecule has 2 aromatic carbocycles. The number of aliphatic hydroxyl groups is 1. The molecule has 0 radical (unpaired) electrons. The van der Waals surface area contributed by atoms with Crippen molar-refractivity contribution in [1.82, 2.24) is 24.6 Å². The molecule has 5 rings (SSSR count). The van der Waals surface area contributed by atoms with Gasteiger partial charge in [-0.15, -0.1) is 10.2 Å². The molecule has 0 amide bonds. The van der Waals surface area contributed by atoms with E-state index in [1.165, 1.54) is 12.1 Å². The number of carboxylic acid groups (broad SMARTS) is 1. The summed E-state index contributed by atoms with van der Waals surface area (Å²) >= 11 is 8.12. The van der Waals surface area contributed by atoms with Gasteiger partial charge in [0.05, 0.1) is 22.9 Å². The molecule has 1 saturated heterocycles. The number of halogens is 1. The van der Waals surface area contributed by atoms with Crippen LogP contribution in [0.2, 0.25) is 5.02 Å². The van der Waals surface area contributed by atoms with E-state index >= 15 is 0 Å². The Bertz CT molecular complexity index is 1470. The van der Waals surface area contributed by atoms with Gasteiger partial charge >= 0.3 is 5.97 Å². The number of β-amino-alcohol motifs (C(OH)–C–C–N with tert-alkyl or cyclic N) is 1. The molecular formula is C28H32ClN7O5S. The lowest BCUT2D eigenvalue weighted by atomic mass is 9.99. The van der Waals surface area contributed by atoms with Crippen LogP contribution in [-0.2, 0) is 4.79 Å². The summed E-state index contributed by atoms with van der Waals surface area (Å²) in [6.45, 7) is 5.64. The van der Waals surface area contributed by atoms with Crippen molar-refractivity contribution < 1.29 is 19.9 Å². The molecular weight excluding hydrogens is 582 g/mol. The molecule has 1 atom stereocenters. The molecule has 0 saturated carbocycles. The third-order valence-corrected chi connectivity index (χ3v) is 8.76. The first-order valence-corrected chi connectivity index (χ1v) is 15.2. The molecule has 3 aromatic rings. The van der Waals surface area contributed by atoms with Gasteiger partial charge in [-0.1, -0.05) is 41.6 Å². The van der Waals surface area contributed by atoms with Crippen molar-refractivity contribution in [2.45, 2.75) is 30.5 Å². The SMILES string of the molecule is O=C(O)CC[C@@H]1N=C(c2ccccc2Cl)c2cc([N+](=O)[O-])ccc2-n2c(SCCCN3CCN(CCO)CC3)nnc21. The second-order valence-corrected chi connectivity index (χ2v) is 11.6. The van der Waals surface area contributed by atoms with E-state index < -0.39 is 16.9 Å². The molecule has 3 heterocycles. The molecule has 2 aliphatic rings. The molecule has 0 unspecified atom stereocenters. The van der Waals surface area contributed by atoms with Crippen molar-refractivity contribution in [2.75, 3.05) is 51.6 Å². The number of thioether (sulfide) groups is 1. The van der Waals surface area contributed by atoms with Gasteiger partial charge in [-0.25, -0.2) is 0 Å². The summed E-state index contributed by atoms with van der Waals surface area (Å²) in [5.41, 5.74) is 2.06. The van der Waals surface area contributed by atoms with Crippen LogP contribution in [0.4, 0.5) is 5.69 Å². The van der Waals surface area contributed by atoms with Gasteiger partial charge < -0.3 is 15.1 Å². The summed E-state index contributed by atoms with van der Waals surface area (Å²) in [6.07, 6.45) is 0.954. The minimum absolute atomic E-state index is 0.0968. The van der Waals surface area contributed by atoms with Crippen LogP contribution in [0.1, 0.15) is 42.3 Å². The summed E-state index contributed by atoms with van der Waals surface area (Å²) < 4.78 is 1.86. The van der Waals surface area contributed by atoms with Gasteiger partial charge in [0.1, 0.15) is 6.04 Å². The molecule has 222 valence electrons. The maximum Gasteiger partial charge on any atom is 0.303 e. The van der Waals surface area contributed by atoms with E-state index in [4.69, 9.17) is 21.7 Å². The zero-order valence-corrected chi connectivity index (χ0v) is 24.5. The average molecular weight is 614 g/mol. The molecule has 1 aromatic heterocycles. The fourth-order valence-electron chi connectivity index (χ4n) is 5.27. The number of aliphatic imine (C=N–C) groups is 1. The lowest BCUT2D eigenvalue weighted by molar-refractivity contribution is -0.384. The minimum Gasteiger partial charge on any atom is -0.481 e. The Hall–Kier alpha value is -3.36. The maximum atomic E-state index is 11.8. The number of non-ortho nitro benzene ring substituents is 1. The van der Waals surface area contributed by atoms with Gasteiger partial charge in [0.2, 0.25) is 0 Å². The van der Waals surface area contributed by atoms with Crippen LogP contribution >= 0.6 is 23.4 Å². The van der Waals surface area contributed by atoms with E-state index in [0.29, 0.717) is 45.1 Å². The van der Waals surface area contributed by atoms with E-state index in [9.17, 15) is 20.0 Å². The Balaban J connectivity index is 1.45. The molecule has 2 N–H and O–H groups in total. The highest BCUT2D eigenvalue weighted by Crippen LogP contribution is 2.37. The van der Waals surface area contributed by atoms with Crippen LogP contribution < -0.4 is 0 Å². The molecule has 0 spiro atoms. The number of rotatable bonds is 12. The Morgan fingerprint density at radius 1 is 1.07 bits per heavy atom. The number of benzene rings is 2. The average Bonchev–Trinajstić information content (AvgIpc) is 3.34. The van der Waals surface area contributed by atoms with Crippen LogP contribution in [0, 0.1) is 10.1 Å². The second kappa shape index (κ2) is 13.7. The van der Waals surface area contributed by atoms with Crippen molar-refractivity contribution in [3.63, 3.8) is 0 Å². The minimum atomic E-state index is -0.959. The molecule has 12 nitrogen and oxygen atoms in total. The third kappa shape index (κ3) is 6.81. The zero-order valence-electron chi connectivity index (χ0n) is 22.9. The first-order valence-electron chi connectivity index (χ1n) is 13.8. The van der Waals surface area contributed by atoms with Crippen LogP contribution in [0.5, 0.6) is 0 Å². The largest absolute Gasteiger partial charge is 0.481 e. The van der Waals surface area contributed by atoms with Crippen molar-refractivity contribution >= 4 is 40.7 Å². The maximum absolute atomic E-state index is 11.8. The Morgan fingerprint density at radius 2 is 1.81 bits per heavy atom. The van der Waals surface area contributed by atoms with Crippen LogP contribution in [0.15, 0.2) is 52.6 Å². The molecule has 1 fully saturated rings. The first-order chi connectivity index (χ1) is 20.4. The van der Waals surface area contributed by atoms with Crippen molar-refractivity contribution in [1.29, 1.82) is 0 Å². The molecule has 42 heavy (non-hydrogen) atoms. The number of nitrogens with zero attached hydrogens (tertiary/aromatic N) is 7. The highest BCUT2D eigenvalue weighted by molar-refractivity contribution is 7.99. The predicted octanol–water partition coefficient (Wildman–Crippen LogP) is 3.68. The smallest absolute Gasteiger partial charge is 0.303 e. The number of aliphatic hydroxyl groups excluding tert-OH is 1. The zero-order chi connectivity index (χ0) is 29.6. The van der Waals surface area contributed by atoms with E-state index in [-0.39, 0.29) is 25.1 Å². The standard InChI is InChI=1S/C28H32ClN7O5S/c29-22-5-2-1-4-20(22)26-21-18-19(36(40)41)6-8-24(21)35-27(23(30-26)7-9-25(38)39)31-32-28(35)42-17-3-10-33-11-13-34(14-12-33)15-16-37/h1-2,4-6,8,18,23,37H,3,7,9-17H2,(H,38,39)/t23-/m0/s1. The molecule has 0 bridgehead atoms. The normalized spacial score (nSPS) is 17.3. The van der Waals surface area contributed by atoms with Gasteiger partial charge in [-0.3, -0.25) is 29.4 Å². The second-order valence-electron chi connectivity index (χ2n) is 10.1. The van der Waals surface area contributed by atoms with Gasteiger partial charge in [0.15, 0.2) is 11.0 Å². The number of nitro groups is 1. The van der Waals surface area contributed by atoms with Crippen molar-refractivity contribution in [3.05, 3.63) is 74.6 Å². The van der Waals surface area contributed by atoms with E-state index in [0.717, 1.165) is 44.9 Å². The first kappa shape index (κ1) is 30.1. The summed E-state index contributed by atoms with van der Waals surface area (Å²) in [7, 11) is 0. The monoisotopic (exact) mass is 613 g/mol. The number of piperazine rings is 1. The van der Waals surface area contributed by atoms with Gasteiger partial charge in [-0.2, -0.15) is 0 Å². The Labute approximate surface area is 252 Å². The highest BCUT2D eigenvalue weighted by Gasteiger charge is 2.31. The topological polar surface area (TPSA) is 150 Å². The quantitative estimate of drug-likeness (QED) is 0.134. The van der Waals surface area contributed by atoms with Gasteiger partial charge in [0.25, 0.3) is 5.69 Å². The molecule has 14 heteroatoms. The number of carbonyl (C=O) groups is 1. The summed E-state index contributed by atoms with van der Waals surface area (Å²) in [6, 6.07) is 11.0. The summed E-state index contributed by atoms with van der Waals surface area (Å²) in [5.74, 6) is 0.297. The van der Waals surface area contributed by atoms with Crippen molar-refractivity contribution in [3.8, 4) is 5.69 Å². The van der Waals surface area contributed by atoms with Crippen LogP contribution in [0.3, 0.4) is 0 Å². The third-order valence-electron chi connectivity index (χ3n) is 7.42. The summed E-state index contributed by atoms with van der Waals surface area (Å²) in [4.78, 5) is 32.5. The number of hydrogen-bond acceptors (Lipinski definition) is 10. The van der Waals surface area contributed by atoms with Crippen LogP contribution in [-0.4, -0.2) is 103 Å².